The van der Waals surface area contributed by atoms with Gasteiger partial charge in [-0.05, 0) is 43.0 Å². The van der Waals surface area contributed by atoms with Crippen LogP contribution < -0.4 is 5.32 Å². The maximum Gasteiger partial charge on any atom is 0.412 e. The quantitative estimate of drug-likeness (QED) is 0.531. The molecular weight excluding hydrogens is 448 g/mol. The highest BCUT2D eigenvalue weighted by molar-refractivity contribution is 6.03. The highest BCUT2D eigenvalue weighted by Gasteiger charge is 2.39. The molecule has 0 bridgehead atoms. The Labute approximate surface area is 203 Å². The van der Waals surface area contributed by atoms with Crippen LogP contribution in [0.25, 0.3) is 11.1 Å². The molecule has 0 unspecified atom stereocenters. The number of benzene rings is 2. The first-order chi connectivity index (χ1) is 16.7. The first-order valence-electron chi connectivity index (χ1n) is 11.4. The van der Waals surface area contributed by atoms with Crippen LogP contribution in [0.5, 0.6) is 0 Å². The molecule has 9 nitrogen and oxygen atoms in total. The van der Waals surface area contributed by atoms with Crippen molar-refractivity contribution in [2.75, 3.05) is 18.5 Å². The summed E-state index contributed by atoms with van der Waals surface area (Å²) >= 11 is 0. The number of aryl methyl sites for hydroxylation is 1. The first-order valence-corrected chi connectivity index (χ1v) is 11.4. The number of fused-ring (bicyclic) bond motifs is 3. The highest BCUT2D eigenvalue weighted by Crippen LogP contribution is 2.44. The molecule has 0 spiro atoms. The number of carbonyl (C=O) groups excluding carboxylic acids is 2. The Morgan fingerprint density at radius 3 is 2.20 bits per heavy atom. The molecule has 35 heavy (non-hydrogen) atoms. The minimum absolute atomic E-state index is 0.0807. The second-order valence-electron chi connectivity index (χ2n) is 8.89. The molecule has 3 aromatic rings. The zero-order valence-corrected chi connectivity index (χ0v) is 20.1. The third-order valence-corrected chi connectivity index (χ3v) is 6.49. The summed E-state index contributed by atoms with van der Waals surface area (Å²) in [4.78, 5) is 38.9. The zero-order valence-electron chi connectivity index (χ0n) is 20.1. The number of carbonyl (C=O) groups is 3. The average Bonchev–Trinajstić information content (AvgIpc) is 3.35. The van der Waals surface area contributed by atoms with Crippen molar-refractivity contribution in [2.45, 2.75) is 32.2 Å². The lowest BCUT2D eigenvalue weighted by Gasteiger charge is -2.34. The zero-order chi connectivity index (χ0) is 25.3. The number of aliphatic carboxylic acids is 1. The minimum atomic E-state index is -1.44. The third-order valence-electron chi connectivity index (χ3n) is 6.49. The third kappa shape index (κ3) is 4.25. The summed E-state index contributed by atoms with van der Waals surface area (Å²) in [6.07, 6.45) is 0.576. The van der Waals surface area contributed by atoms with Crippen LogP contribution in [0.3, 0.4) is 0 Å². The number of aromatic nitrogens is 2. The number of anilines is 1. The molecule has 1 aromatic heterocycles. The van der Waals surface area contributed by atoms with E-state index in [2.05, 4.69) is 22.5 Å². The van der Waals surface area contributed by atoms with E-state index in [1.807, 2.05) is 36.4 Å². The Balaban J connectivity index is 1.51. The fourth-order valence-corrected chi connectivity index (χ4v) is 4.53. The van der Waals surface area contributed by atoms with Crippen molar-refractivity contribution in [3.8, 4) is 11.1 Å². The normalized spacial score (nSPS) is 12.6. The first kappa shape index (κ1) is 24.0. The summed E-state index contributed by atoms with van der Waals surface area (Å²) < 4.78 is 6.93. The van der Waals surface area contributed by atoms with Crippen LogP contribution in [0.2, 0.25) is 0 Å². The molecule has 0 saturated carbocycles. The van der Waals surface area contributed by atoms with E-state index in [0.717, 1.165) is 22.3 Å². The number of carboxylic acid groups (broad SMARTS) is 1. The van der Waals surface area contributed by atoms with Crippen molar-refractivity contribution < 1.29 is 24.2 Å². The van der Waals surface area contributed by atoms with Crippen LogP contribution >= 0.6 is 0 Å². The largest absolute Gasteiger partial charge is 0.480 e. The fraction of sp³-hybridized carbons (Fsp3) is 0.308. The summed E-state index contributed by atoms with van der Waals surface area (Å²) in [7, 11) is 1.58. The van der Waals surface area contributed by atoms with E-state index in [4.69, 9.17) is 4.74 Å². The molecule has 2 amide bonds. The van der Waals surface area contributed by atoms with Crippen molar-refractivity contribution in [3.63, 3.8) is 0 Å². The van der Waals surface area contributed by atoms with Crippen LogP contribution in [0.4, 0.5) is 10.6 Å². The molecule has 0 atom stereocenters. The smallest absolute Gasteiger partial charge is 0.412 e. The van der Waals surface area contributed by atoms with Crippen LogP contribution in [0.15, 0.2) is 54.7 Å². The molecule has 0 fully saturated rings. The number of likely N-dealkylation sites (N-methyl/N-ethyl adjacent to an activating group) is 1. The number of hydrogen-bond donors (Lipinski definition) is 2. The highest BCUT2D eigenvalue weighted by atomic mass is 16.5. The van der Waals surface area contributed by atoms with Gasteiger partial charge in [0.25, 0.3) is 5.91 Å². The topological polar surface area (TPSA) is 114 Å². The Kier molecular flexibility index (Phi) is 6.34. The predicted octanol–water partition coefficient (Wildman–Crippen LogP) is 4.11. The van der Waals surface area contributed by atoms with Gasteiger partial charge in [0.2, 0.25) is 0 Å². The van der Waals surface area contributed by atoms with E-state index in [1.54, 1.807) is 14.0 Å². The SMILES string of the molecule is CCN(C(=O)c1cnn(C)c1NC(=O)OCC1c2ccccc2-c2ccccc21)C(C)(C)C(=O)O. The van der Waals surface area contributed by atoms with Gasteiger partial charge in [0.15, 0.2) is 0 Å². The molecular formula is C26H28N4O5. The summed E-state index contributed by atoms with van der Waals surface area (Å²) in [6.45, 7) is 4.88. The van der Waals surface area contributed by atoms with Crippen LogP contribution in [0, 0.1) is 0 Å². The van der Waals surface area contributed by atoms with Crippen molar-refractivity contribution >= 4 is 23.8 Å². The number of rotatable bonds is 7. The van der Waals surface area contributed by atoms with Gasteiger partial charge in [0.1, 0.15) is 23.5 Å². The van der Waals surface area contributed by atoms with E-state index < -0.39 is 23.5 Å². The fourth-order valence-electron chi connectivity index (χ4n) is 4.53. The van der Waals surface area contributed by atoms with Gasteiger partial charge in [-0.1, -0.05) is 48.5 Å². The van der Waals surface area contributed by atoms with Crippen LogP contribution in [0.1, 0.15) is 48.2 Å². The van der Waals surface area contributed by atoms with Crippen molar-refractivity contribution in [1.29, 1.82) is 0 Å². The standard InChI is InChI=1S/C26H28N4O5/c1-5-30(26(2,3)24(32)33)23(31)20-14-27-29(4)22(20)28-25(34)35-15-21-18-12-8-6-10-16(18)17-11-7-9-13-19(17)21/h6-14,21H,5,15H2,1-4H3,(H,28,34)(H,32,33). The second-order valence-corrected chi connectivity index (χ2v) is 8.89. The number of nitrogens with one attached hydrogen (secondary N) is 1. The molecule has 9 heteroatoms. The predicted molar refractivity (Wildman–Crippen MR) is 130 cm³/mol. The van der Waals surface area contributed by atoms with Gasteiger partial charge in [-0.15, -0.1) is 0 Å². The number of amides is 2. The number of hydrogen-bond acceptors (Lipinski definition) is 5. The van der Waals surface area contributed by atoms with Gasteiger partial charge in [-0.25, -0.2) is 9.59 Å². The minimum Gasteiger partial charge on any atom is -0.480 e. The molecule has 1 aliphatic carbocycles. The second kappa shape index (κ2) is 9.25. The maximum absolute atomic E-state index is 13.2. The Morgan fingerprint density at radius 2 is 1.66 bits per heavy atom. The molecule has 1 aliphatic rings. The lowest BCUT2D eigenvalue weighted by Crippen LogP contribution is -2.53. The average molecular weight is 477 g/mol. The maximum atomic E-state index is 13.2. The Hall–Kier alpha value is -4.14. The molecule has 0 radical (unpaired) electrons. The Morgan fingerprint density at radius 1 is 1.09 bits per heavy atom. The molecule has 0 aliphatic heterocycles. The van der Waals surface area contributed by atoms with Crippen molar-refractivity contribution in [2.24, 2.45) is 7.05 Å². The molecule has 182 valence electrons. The van der Waals surface area contributed by atoms with Crippen molar-refractivity contribution in [3.05, 3.63) is 71.4 Å². The molecule has 4 rings (SSSR count). The molecule has 2 N–H and O–H groups in total. The lowest BCUT2D eigenvalue weighted by atomic mass is 9.98. The number of nitrogens with zero attached hydrogens (tertiary/aromatic N) is 3. The van der Waals surface area contributed by atoms with E-state index in [1.165, 1.54) is 29.6 Å². The Bertz CT molecular complexity index is 1250. The van der Waals surface area contributed by atoms with Gasteiger partial charge >= 0.3 is 12.1 Å². The molecule has 1 heterocycles. The van der Waals surface area contributed by atoms with E-state index >= 15 is 0 Å². The summed E-state index contributed by atoms with van der Waals surface area (Å²) in [5, 5.41) is 16.3. The van der Waals surface area contributed by atoms with E-state index in [-0.39, 0.29) is 30.5 Å². The number of ether oxygens (including phenoxy) is 1. The number of carboxylic acids is 1. The monoisotopic (exact) mass is 476 g/mol. The van der Waals surface area contributed by atoms with Crippen molar-refractivity contribution in [1.82, 2.24) is 14.7 Å². The van der Waals surface area contributed by atoms with Gasteiger partial charge in [-0.3, -0.25) is 14.8 Å². The van der Waals surface area contributed by atoms with Gasteiger partial charge in [0.05, 0.1) is 6.20 Å². The summed E-state index contributed by atoms with van der Waals surface area (Å²) in [6, 6.07) is 16.1. The van der Waals surface area contributed by atoms with Crippen LogP contribution in [-0.2, 0) is 16.6 Å². The van der Waals surface area contributed by atoms with Crippen LogP contribution in [-0.4, -0.2) is 56.4 Å². The lowest BCUT2D eigenvalue weighted by molar-refractivity contribution is -0.147. The molecule has 0 saturated heterocycles. The summed E-state index contributed by atoms with van der Waals surface area (Å²) in [5.74, 6) is -1.66. The van der Waals surface area contributed by atoms with Gasteiger partial charge in [-0.2, -0.15) is 5.10 Å². The van der Waals surface area contributed by atoms with Gasteiger partial charge in [0, 0.05) is 19.5 Å². The van der Waals surface area contributed by atoms with E-state index in [0.29, 0.717) is 0 Å². The van der Waals surface area contributed by atoms with Gasteiger partial charge < -0.3 is 14.7 Å². The van der Waals surface area contributed by atoms with E-state index in [9.17, 15) is 19.5 Å². The summed E-state index contributed by atoms with van der Waals surface area (Å²) in [5.41, 5.74) is 3.06. The molecule has 2 aromatic carbocycles.